The molecule has 0 N–H and O–H groups in total. The van der Waals surface area contributed by atoms with Crippen molar-refractivity contribution in [1.29, 1.82) is 0 Å². The van der Waals surface area contributed by atoms with Crippen molar-refractivity contribution >= 4 is 11.0 Å². The van der Waals surface area contributed by atoms with E-state index < -0.39 is 0 Å². The predicted octanol–water partition coefficient (Wildman–Crippen LogP) is 3.08. The van der Waals surface area contributed by atoms with Crippen molar-refractivity contribution in [2.75, 3.05) is 0 Å². The van der Waals surface area contributed by atoms with Crippen LogP contribution in [0.25, 0.3) is 11.0 Å². The Kier molecular flexibility index (Phi) is 2.51. The van der Waals surface area contributed by atoms with Crippen LogP contribution in [0.5, 0.6) is 0 Å². The van der Waals surface area contributed by atoms with Crippen LogP contribution in [-0.4, -0.2) is 9.55 Å². The van der Waals surface area contributed by atoms with E-state index in [0.29, 0.717) is 5.92 Å². The molecule has 0 spiro atoms. The van der Waals surface area contributed by atoms with Crippen molar-refractivity contribution in [1.82, 2.24) is 9.55 Å². The molecule has 0 atom stereocenters. The van der Waals surface area contributed by atoms with Gasteiger partial charge in [0.2, 0.25) is 0 Å². The van der Waals surface area contributed by atoms with E-state index in [0.717, 1.165) is 11.9 Å². The van der Waals surface area contributed by atoms with Crippen LogP contribution in [0.4, 0.5) is 0 Å². The number of hydrogen-bond donors (Lipinski definition) is 0. The highest BCUT2D eigenvalue weighted by atomic mass is 15.1. The van der Waals surface area contributed by atoms with Crippen molar-refractivity contribution in [3.05, 3.63) is 29.6 Å². The lowest BCUT2D eigenvalue weighted by atomic mass is 10.1. The first kappa shape index (κ1) is 10.2. The summed E-state index contributed by atoms with van der Waals surface area (Å²) < 4.78 is 2.20. The SMILES string of the molecule is Cc1ccc2c(c1)nc(CC(C)C)n2C. The van der Waals surface area contributed by atoms with Gasteiger partial charge in [-0.15, -0.1) is 0 Å². The summed E-state index contributed by atoms with van der Waals surface area (Å²) in [5.74, 6) is 1.84. The Morgan fingerprint density at radius 2 is 2.07 bits per heavy atom. The average molecular weight is 202 g/mol. The van der Waals surface area contributed by atoms with Gasteiger partial charge in [0.25, 0.3) is 0 Å². The first-order valence-electron chi connectivity index (χ1n) is 5.50. The summed E-state index contributed by atoms with van der Waals surface area (Å²) in [4.78, 5) is 4.68. The molecule has 0 radical (unpaired) electrons. The zero-order valence-corrected chi connectivity index (χ0v) is 9.91. The summed E-state index contributed by atoms with van der Waals surface area (Å²) in [6.45, 7) is 6.56. The molecule has 1 heterocycles. The Bertz CT molecular complexity index is 480. The number of hydrogen-bond acceptors (Lipinski definition) is 1. The van der Waals surface area contributed by atoms with Crippen LogP contribution in [0.1, 0.15) is 25.2 Å². The molecule has 2 aromatic rings. The maximum absolute atomic E-state index is 4.68. The Labute approximate surface area is 90.9 Å². The second-order valence-corrected chi connectivity index (χ2v) is 4.68. The summed E-state index contributed by atoms with van der Waals surface area (Å²) in [7, 11) is 2.10. The lowest BCUT2D eigenvalue weighted by Gasteiger charge is -2.04. The van der Waals surface area contributed by atoms with Gasteiger partial charge in [-0.2, -0.15) is 0 Å². The highest BCUT2D eigenvalue weighted by Gasteiger charge is 2.08. The van der Waals surface area contributed by atoms with Crippen molar-refractivity contribution in [2.45, 2.75) is 27.2 Å². The van der Waals surface area contributed by atoms with Gasteiger partial charge < -0.3 is 4.57 Å². The summed E-state index contributed by atoms with van der Waals surface area (Å²) in [6.07, 6.45) is 1.05. The fraction of sp³-hybridized carbons (Fsp3) is 0.462. The van der Waals surface area contributed by atoms with Crippen LogP contribution in [-0.2, 0) is 13.5 Å². The minimum Gasteiger partial charge on any atom is -0.331 e. The van der Waals surface area contributed by atoms with Gasteiger partial charge in [-0.05, 0) is 30.5 Å². The molecule has 0 saturated heterocycles. The van der Waals surface area contributed by atoms with E-state index in [1.165, 1.54) is 16.9 Å². The Morgan fingerprint density at radius 1 is 1.33 bits per heavy atom. The number of aromatic nitrogens is 2. The largest absolute Gasteiger partial charge is 0.331 e. The summed E-state index contributed by atoms with van der Waals surface area (Å²) in [6, 6.07) is 6.45. The van der Waals surface area contributed by atoms with Gasteiger partial charge >= 0.3 is 0 Å². The molecule has 1 aromatic heterocycles. The lowest BCUT2D eigenvalue weighted by molar-refractivity contribution is 0.606. The molecular formula is C13H18N2. The lowest BCUT2D eigenvalue weighted by Crippen LogP contribution is -2.02. The first-order chi connectivity index (χ1) is 7.08. The second-order valence-electron chi connectivity index (χ2n) is 4.68. The van der Waals surface area contributed by atoms with Gasteiger partial charge in [0.1, 0.15) is 5.82 Å². The monoisotopic (exact) mass is 202 g/mol. The topological polar surface area (TPSA) is 17.8 Å². The van der Waals surface area contributed by atoms with Crippen LogP contribution in [0.3, 0.4) is 0 Å². The van der Waals surface area contributed by atoms with Gasteiger partial charge in [0.05, 0.1) is 11.0 Å². The van der Waals surface area contributed by atoms with Crippen LogP contribution < -0.4 is 0 Å². The molecule has 0 unspecified atom stereocenters. The van der Waals surface area contributed by atoms with Crippen LogP contribution in [0.15, 0.2) is 18.2 Å². The molecule has 0 aliphatic heterocycles. The third-order valence-corrected chi connectivity index (χ3v) is 2.72. The van der Waals surface area contributed by atoms with Gasteiger partial charge in [0.15, 0.2) is 0 Å². The van der Waals surface area contributed by atoms with Crippen molar-refractivity contribution in [3.63, 3.8) is 0 Å². The Balaban J connectivity index is 2.54. The fourth-order valence-electron chi connectivity index (χ4n) is 1.91. The number of fused-ring (bicyclic) bond motifs is 1. The molecule has 1 aromatic carbocycles. The molecule has 0 saturated carbocycles. The Hall–Kier alpha value is -1.31. The highest BCUT2D eigenvalue weighted by Crippen LogP contribution is 2.18. The first-order valence-corrected chi connectivity index (χ1v) is 5.50. The van der Waals surface area contributed by atoms with Gasteiger partial charge in [-0.1, -0.05) is 19.9 Å². The number of nitrogens with zero attached hydrogens (tertiary/aromatic N) is 2. The third kappa shape index (κ3) is 1.89. The second kappa shape index (κ2) is 3.69. The molecule has 0 aliphatic rings. The van der Waals surface area contributed by atoms with Crippen molar-refractivity contribution in [2.24, 2.45) is 13.0 Å². The van der Waals surface area contributed by atoms with Crippen LogP contribution >= 0.6 is 0 Å². The molecule has 2 heteroatoms. The van der Waals surface area contributed by atoms with Crippen molar-refractivity contribution in [3.8, 4) is 0 Å². The van der Waals surface area contributed by atoms with E-state index in [4.69, 9.17) is 0 Å². The zero-order chi connectivity index (χ0) is 11.0. The van der Waals surface area contributed by atoms with Crippen LogP contribution in [0.2, 0.25) is 0 Å². The molecule has 0 bridgehead atoms. The molecule has 0 fully saturated rings. The van der Waals surface area contributed by atoms with Gasteiger partial charge in [-0.3, -0.25) is 0 Å². The number of imidazole rings is 1. The van der Waals surface area contributed by atoms with E-state index in [9.17, 15) is 0 Å². The molecule has 0 amide bonds. The van der Waals surface area contributed by atoms with E-state index in [1.54, 1.807) is 0 Å². The summed E-state index contributed by atoms with van der Waals surface area (Å²) >= 11 is 0. The molecule has 2 rings (SSSR count). The van der Waals surface area contributed by atoms with E-state index in [2.05, 4.69) is 55.6 Å². The maximum atomic E-state index is 4.68. The van der Waals surface area contributed by atoms with Crippen LogP contribution in [0, 0.1) is 12.8 Å². The number of rotatable bonds is 2. The molecule has 15 heavy (non-hydrogen) atoms. The van der Waals surface area contributed by atoms with E-state index >= 15 is 0 Å². The minimum atomic E-state index is 0.654. The summed E-state index contributed by atoms with van der Waals surface area (Å²) in [5.41, 5.74) is 3.63. The molecule has 0 aliphatic carbocycles. The van der Waals surface area contributed by atoms with Gasteiger partial charge in [-0.25, -0.2) is 4.98 Å². The quantitative estimate of drug-likeness (QED) is 0.731. The van der Waals surface area contributed by atoms with Gasteiger partial charge in [0, 0.05) is 13.5 Å². The Morgan fingerprint density at radius 3 is 2.73 bits per heavy atom. The number of aryl methyl sites for hydroxylation is 2. The molecular weight excluding hydrogens is 184 g/mol. The highest BCUT2D eigenvalue weighted by molar-refractivity contribution is 5.76. The standard InChI is InChI=1S/C13H18N2/c1-9(2)7-13-14-11-8-10(3)5-6-12(11)15(13)4/h5-6,8-9H,7H2,1-4H3. The van der Waals surface area contributed by atoms with E-state index in [-0.39, 0.29) is 0 Å². The third-order valence-electron chi connectivity index (χ3n) is 2.72. The smallest absolute Gasteiger partial charge is 0.109 e. The van der Waals surface area contributed by atoms with E-state index in [1.807, 2.05) is 0 Å². The molecule has 80 valence electrons. The number of benzene rings is 1. The zero-order valence-electron chi connectivity index (χ0n) is 9.91. The average Bonchev–Trinajstić information content (AvgIpc) is 2.42. The summed E-state index contributed by atoms with van der Waals surface area (Å²) in [5, 5.41) is 0. The fourth-order valence-corrected chi connectivity index (χ4v) is 1.91. The normalized spacial score (nSPS) is 11.5. The predicted molar refractivity (Wildman–Crippen MR) is 64.0 cm³/mol. The minimum absolute atomic E-state index is 0.654. The van der Waals surface area contributed by atoms with Crippen molar-refractivity contribution < 1.29 is 0 Å². The molecule has 2 nitrogen and oxygen atoms in total. The maximum Gasteiger partial charge on any atom is 0.109 e.